The van der Waals surface area contributed by atoms with E-state index in [9.17, 15) is 9.90 Å². The topological polar surface area (TPSA) is 141 Å². The second-order valence-electron chi connectivity index (χ2n) is 9.50. The van der Waals surface area contributed by atoms with E-state index in [1.165, 1.54) is 6.92 Å². The maximum atomic E-state index is 12.3. The lowest BCUT2D eigenvalue weighted by Crippen LogP contribution is -2.39. The summed E-state index contributed by atoms with van der Waals surface area (Å²) in [5, 5.41) is 24.0. The first-order valence-electron chi connectivity index (χ1n) is 12.2. The van der Waals surface area contributed by atoms with Crippen LogP contribution in [0.15, 0.2) is 35.6 Å². The van der Waals surface area contributed by atoms with Gasteiger partial charge in [-0.05, 0) is 18.9 Å². The van der Waals surface area contributed by atoms with Crippen LogP contribution in [0.5, 0.6) is 0 Å². The fraction of sp³-hybridized carbons (Fsp3) is 0.458. The Morgan fingerprint density at radius 1 is 1.28 bits per heavy atom. The third kappa shape index (κ3) is 4.69. The van der Waals surface area contributed by atoms with Crippen molar-refractivity contribution in [3.05, 3.63) is 41.7 Å². The number of nitrogens with zero attached hydrogens (tertiary/aromatic N) is 6. The maximum absolute atomic E-state index is 12.3. The Bertz CT molecular complexity index is 1330. The van der Waals surface area contributed by atoms with Gasteiger partial charge in [0.25, 0.3) is 5.91 Å². The first-order chi connectivity index (χ1) is 17.4. The van der Waals surface area contributed by atoms with Crippen molar-refractivity contribution in [2.45, 2.75) is 44.6 Å². The van der Waals surface area contributed by atoms with Gasteiger partial charge >= 0.3 is 0 Å². The Balaban J connectivity index is 1.29. The minimum Gasteiger partial charge on any atom is -0.378 e. The summed E-state index contributed by atoms with van der Waals surface area (Å²) in [6.45, 7) is 5.01. The first-order valence-corrected chi connectivity index (χ1v) is 12.2. The molecule has 36 heavy (non-hydrogen) atoms. The van der Waals surface area contributed by atoms with Crippen molar-refractivity contribution in [3.8, 4) is 0 Å². The van der Waals surface area contributed by atoms with Crippen LogP contribution < -0.4 is 20.9 Å². The van der Waals surface area contributed by atoms with Gasteiger partial charge in [-0.25, -0.2) is 15.0 Å². The van der Waals surface area contributed by atoms with Gasteiger partial charge in [-0.1, -0.05) is 6.07 Å². The third-order valence-corrected chi connectivity index (χ3v) is 6.44. The van der Waals surface area contributed by atoms with Crippen LogP contribution >= 0.6 is 0 Å². The largest absolute Gasteiger partial charge is 0.378 e. The number of morpholine rings is 1. The molecule has 6 rings (SSSR count). The molecule has 0 aromatic carbocycles. The SMILES string of the molecule is CC1(O)N=C(Cc2cnn3c(NC4CC4)cc(NCc4cccnc4N4CCOCC4)nc23)C(=O)N1. The number of fused-ring (bicyclic) bond motifs is 1. The average Bonchev–Trinajstić information content (AvgIpc) is 3.53. The molecular formula is C24H29N9O3. The summed E-state index contributed by atoms with van der Waals surface area (Å²) in [4.78, 5) is 28.1. The lowest BCUT2D eigenvalue weighted by atomic mass is 10.1. The minimum absolute atomic E-state index is 0.217. The molecule has 0 bridgehead atoms. The highest BCUT2D eigenvalue weighted by Crippen LogP contribution is 2.28. The van der Waals surface area contributed by atoms with Crippen LogP contribution in [0.1, 0.15) is 30.9 Å². The lowest BCUT2D eigenvalue weighted by molar-refractivity contribution is -0.118. The van der Waals surface area contributed by atoms with Crippen molar-refractivity contribution in [2.75, 3.05) is 41.8 Å². The van der Waals surface area contributed by atoms with Crippen LogP contribution in [0.25, 0.3) is 5.65 Å². The first kappa shape index (κ1) is 22.7. The van der Waals surface area contributed by atoms with E-state index in [0.717, 1.165) is 48.7 Å². The predicted molar refractivity (Wildman–Crippen MR) is 134 cm³/mol. The normalized spacial score (nSPS) is 22.0. The molecule has 5 heterocycles. The van der Waals surface area contributed by atoms with Gasteiger partial charge in [0.1, 0.15) is 23.2 Å². The minimum atomic E-state index is -1.59. The van der Waals surface area contributed by atoms with Gasteiger partial charge < -0.3 is 30.7 Å². The zero-order chi connectivity index (χ0) is 24.7. The summed E-state index contributed by atoms with van der Waals surface area (Å²) in [6.07, 6.45) is 5.96. The molecule has 3 aliphatic rings. The quantitative estimate of drug-likeness (QED) is 0.362. The number of hydrogen-bond donors (Lipinski definition) is 4. The molecule has 0 radical (unpaired) electrons. The molecule has 188 valence electrons. The van der Waals surface area contributed by atoms with Gasteiger partial charge in [0.05, 0.1) is 19.4 Å². The molecule has 1 atom stereocenters. The fourth-order valence-corrected chi connectivity index (χ4v) is 4.51. The number of aliphatic hydroxyl groups is 1. The van der Waals surface area contributed by atoms with Gasteiger partial charge in [-0.2, -0.15) is 9.61 Å². The molecule has 3 aromatic heterocycles. The van der Waals surface area contributed by atoms with E-state index in [4.69, 9.17) is 9.72 Å². The van der Waals surface area contributed by atoms with E-state index < -0.39 is 11.8 Å². The highest BCUT2D eigenvalue weighted by molar-refractivity contribution is 6.41. The smallest absolute Gasteiger partial charge is 0.269 e. The van der Waals surface area contributed by atoms with E-state index in [2.05, 4.69) is 42.0 Å². The molecule has 1 saturated carbocycles. The number of nitrogens with one attached hydrogen (secondary N) is 3. The number of ether oxygens (including phenoxy) is 1. The van der Waals surface area contributed by atoms with E-state index in [0.29, 0.717) is 37.3 Å². The van der Waals surface area contributed by atoms with Crippen molar-refractivity contribution >= 4 is 34.7 Å². The van der Waals surface area contributed by atoms with Gasteiger partial charge in [0.15, 0.2) is 5.65 Å². The molecule has 3 aromatic rings. The Morgan fingerprint density at radius 2 is 2.11 bits per heavy atom. The Hall–Kier alpha value is -3.77. The van der Waals surface area contributed by atoms with Crippen LogP contribution in [0.4, 0.5) is 17.5 Å². The summed E-state index contributed by atoms with van der Waals surface area (Å²) in [5.41, 5.74) is 2.70. The number of carbonyl (C=O) groups excluding carboxylic acids is 1. The van der Waals surface area contributed by atoms with Crippen LogP contribution in [0, 0.1) is 0 Å². The van der Waals surface area contributed by atoms with Gasteiger partial charge in [-0.15, -0.1) is 0 Å². The number of carbonyl (C=O) groups is 1. The molecule has 1 unspecified atom stereocenters. The number of hydrogen-bond acceptors (Lipinski definition) is 10. The number of pyridine rings is 1. The maximum Gasteiger partial charge on any atom is 0.269 e. The van der Waals surface area contributed by atoms with Gasteiger partial charge in [-0.3, -0.25) is 4.79 Å². The molecular weight excluding hydrogens is 462 g/mol. The second kappa shape index (κ2) is 9.03. The Kier molecular flexibility index (Phi) is 5.69. The van der Waals surface area contributed by atoms with Crippen LogP contribution in [-0.2, 0) is 22.5 Å². The number of anilines is 3. The monoisotopic (exact) mass is 491 g/mol. The molecule has 0 spiro atoms. The van der Waals surface area contributed by atoms with Crippen molar-refractivity contribution < 1.29 is 14.6 Å². The third-order valence-electron chi connectivity index (χ3n) is 6.44. The van der Waals surface area contributed by atoms with Crippen molar-refractivity contribution in [1.29, 1.82) is 0 Å². The highest BCUT2D eigenvalue weighted by Gasteiger charge is 2.33. The van der Waals surface area contributed by atoms with E-state index in [-0.39, 0.29) is 12.1 Å². The summed E-state index contributed by atoms with van der Waals surface area (Å²) in [6, 6.07) is 6.38. The molecule has 2 aliphatic heterocycles. The van der Waals surface area contributed by atoms with Gasteiger partial charge in [0, 0.05) is 62.4 Å². The zero-order valence-electron chi connectivity index (χ0n) is 20.1. The Labute approximate surface area is 207 Å². The van der Waals surface area contributed by atoms with Crippen LogP contribution in [0.2, 0.25) is 0 Å². The summed E-state index contributed by atoms with van der Waals surface area (Å²) < 4.78 is 7.25. The average molecular weight is 492 g/mol. The number of rotatable bonds is 8. The van der Waals surface area contributed by atoms with Crippen molar-refractivity contribution in [1.82, 2.24) is 24.9 Å². The molecule has 4 N–H and O–H groups in total. The van der Waals surface area contributed by atoms with Crippen LogP contribution in [-0.4, -0.2) is 74.5 Å². The zero-order valence-corrected chi connectivity index (χ0v) is 20.1. The van der Waals surface area contributed by atoms with Crippen LogP contribution in [0.3, 0.4) is 0 Å². The van der Waals surface area contributed by atoms with E-state index >= 15 is 0 Å². The highest BCUT2D eigenvalue weighted by atomic mass is 16.5. The second-order valence-corrected chi connectivity index (χ2v) is 9.50. The molecule has 2 fully saturated rings. The van der Waals surface area contributed by atoms with E-state index in [1.807, 2.05) is 18.3 Å². The molecule has 12 heteroatoms. The molecule has 1 amide bonds. The summed E-state index contributed by atoms with van der Waals surface area (Å²) >= 11 is 0. The summed E-state index contributed by atoms with van der Waals surface area (Å²) in [5.74, 6) is 0.496. The fourth-order valence-electron chi connectivity index (χ4n) is 4.51. The Morgan fingerprint density at radius 3 is 2.86 bits per heavy atom. The van der Waals surface area contributed by atoms with E-state index in [1.54, 1.807) is 10.7 Å². The van der Waals surface area contributed by atoms with Crippen molar-refractivity contribution in [2.24, 2.45) is 4.99 Å². The molecule has 1 aliphatic carbocycles. The number of amides is 1. The summed E-state index contributed by atoms with van der Waals surface area (Å²) in [7, 11) is 0. The van der Waals surface area contributed by atoms with Gasteiger partial charge in [0.2, 0.25) is 5.85 Å². The molecule has 12 nitrogen and oxygen atoms in total. The number of aliphatic imine (C=N–C) groups is 1. The lowest BCUT2D eigenvalue weighted by Gasteiger charge is -2.29. The van der Waals surface area contributed by atoms with Crippen molar-refractivity contribution in [3.63, 3.8) is 0 Å². The molecule has 1 saturated heterocycles. The standard InChI is InChI=1S/C24H29N9O3/c1-24(35)30-18(23(34)31-24)11-16-14-27-33-20(28-17-4-5-17)12-19(29-22(16)33)26-13-15-3-2-6-25-21(15)32-7-9-36-10-8-32/h2-3,6,12,14,17,28,35H,4-5,7-11,13H2,1H3,(H,26,29)(H,31,34). The number of aromatic nitrogens is 4. The predicted octanol–water partition coefficient (Wildman–Crippen LogP) is 0.927.